The molecule has 0 spiro atoms. The van der Waals surface area contributed by atoms with Crippen LogP contribution in [0, 0.1) is 0 Å². The van der Waals surface area contributed by atoms with Gasteiger partial charge >= 0.3 is 0 Å². The summed E-state index contributed by atoms with van der Waals surface area (Å²) in [5.74, 6) is 0.358. The van der Waals surface area contributed by atoms with E-state index >= 15 is 0 Å². The Hall–Kier alpha value is -5.32. The van der Waals surface area contributed by atoms with Crippen LogP contribution in [-0.2, 0) is 0 Å². The first kappa shape index (κ1) is 18.9. The van der Waals surface area contributed by atoms with Gasteiger partial charge in [-0.1, -0.05) is 103 Å². The van der Waals surface area contributed by atoms with Crippen LogP contribution < -0.4 is 0 Å². The predicted molar refractivity (Wildman–Crippen MR) is 178 cm³/mol. The molecule has 0 bridgehead atoms. The lowest BCUT2D eigenvalue weighted by Gasteiger charge is -2.12. The Morgan fingerprint density at radius 1 is 0.524 bits per heavy atom. The molecule has 9 aromatic rings. The van der Waals surface area contributed by atoms with E-state index in [1.165, 1.54) is 20.2 Å². The number of benzene rings is 6. The zero-order valence-electron chi connectivity index (χ0n) is 27.1. The first-order chi connectivity index (χ1) is 22.9. The number of thiophene rings is 1. The van der Waals surface area contributed by atoms with Gasteiger partial charge in [0, 0.05) is 41.9 Å². The number of rotatable bonds is 3. The molecule has 0 unspecified atom stereocenters. The van der Waals surface area contributed by atoms with E-state index in [-0.39, 0.29) is 17.6 Å². The average molecular weight is 559 g/mol. The third kappa shape index (κ3) is 3.52. The molecule has 42 heavy (non-hydrogen) atoms. The normalized spacial score (nSPS) is 13.5. The van der Waals surface area contributed by atoms with Gasteiger partial charge in [-0.05, 0) is 47.5 Å². The monoisotopic (exact) mass is 558 g/mol. The van der Waals surface area contributed by atoms with Gasteiger partial charge in [0.15, 0.2) is 0 Å². The Balaban J connectivity index is 1.29. The van der Waals surface area contributed by atoms with Gasteiger partial charge in [0.2, 0.25) is 5.95 Å². The van der Waals surface area contributed by atoms with Crippen molar-refractivity contribution in [2.75, 3.05) is 0 Å². The fraction of sp³-hybridized carbons (Fsp3) is 0. The Morgan fingerprint density at radius 3 is 2.12 bits per heavy atom. The fourth-order valence-electron chi connectivity index (χ4n) is 6.00. The molecule has 0 fully saturated rings. The SMILES string of the molecule is [2H]c1c([2H])c([2H])c(-c2nc(-n3c4ccccc4c4cc(-c5ccc6c(c5)sc5ccccc56)ccc43)nc3ccccc23)c([2H])c1[2H]. The molecule has 0 radical (unpaired) electrons. The third-order valence-corrected chi connectivity index (χ3v) is 9.05. The minimum atomic E-state index is -0.438. The first-order valence-electron chi connectivity index (χ1n) is 16.2. The van der Waals surface area contributed by atoms with Gasteiger partial charge in [0.05, 0.1) is 29.1 Å². The van der Waals surface area contributed by atoms with Crippen LogP contribution in [-0.4, -0.2) is 14.5 Å². The molecule has 3 nitrogen and oxygen atoms in total. The van der Waals surface area contributed by atoms with E-state index in [0.29, 0.717) is 22.5 Å². The van der Waals surface area contributed by atoms with E-state index in [0.717, 1.165) is 32.9 Å². The van der Waals surface area contributed by atoms with Gasteiger partial charge in [-0.2, -0.15) is 0 Å². The Morgan fingerprint density at radius 2 is 1.21 bits per heavy atom. The Kier molecular flexibility index (Phi) is 4.10. The molecule has 3 aromatic heterocycles. The number of fused-ring (bicyclic) bond motifs is 7. The van der Waals surface area contributed by atoms with Crippen molar-refractivity contribution in [2.24, 2.45) is 0 Å². The van der Waals surface area contributed by atoms with Crippen molar-refractivity contribution in [2.45, 2.75) is 0 Å². The van der Waals surface area contributed by atoms with Crippen molar-refractivity contribution in [3.05, 3.63) is 139 Å². The lowest BCUT2D eigenvalue weighted by Crippen LogP contribution is -2.03. The minimum Gasteiger partial charge on any atom is -0.278 e. The van der Waals surface area contributed by atoms with E-state index in [9.17, 15) is 0 Å². The fourth-order valence-corrected chi connectivity index (χ4v) is 7.14. The van der Waals surface area contributed by atoms with Crippen LogP contribution in [0.25, 0.3) is 81.2 Å². The number of aromatic nitrogens is 3. The lowest BCUT2D eigenvalue weighted by atomic mass is 10.0. The van der Waals surface area contributed by atoms with Crippen LogP contribution in [0.2, 0.25) is 0 Å². The maximum atomic E-state index is 8.70. The van der Waals surface area contributed by atoms with Gasteiger partial charge in [-0.25, -0.2) is 9.97 Å². The molecule has 0 saturated carbocycles. The summed E-state index contributed by atoms with van der Waals surface area (Å²) in [6.45, 7) is 0. The summed E-state index contributed by atoms with van der Waals surface area (Å²) in [6.07, 6.45) is 0. The molecule has 9 rings (SSSR count). The molecule has 0 aliphatic carbocycles. The van der Waals surface area contributed by atoms with E-state index in [1.54, 1.807) is 11.3 Å². The molecule has 0 N–H and O–H groups in total. The second-order valence-corrected chi connectivity index (χ2v) is 11.4. The zero-order valence-corrected chi connectivity index (χ0v) is 23.0. The molecule has 0 atom stereocenters. The van der Waals surface area contributed by atoms with Gasteiger partial charge in [-0.3, -0.25) is 4.57 Å². The summed E-state index contributed by atoms with van der Waals surface area (Å²) in [4.78, 5) is 9.93. The van der Waals surface area contributed by atoms with E-state index in [2.05, 4.69) is 66.7 Å². The first-order valence-corrected chi connectivity index (χ1v) is 14.5. The maximum Gasteiger partial charge on any atom is 0.235 e. The van der Waals surface area contributed by atoms with Gasteiger partial charge in [0.1, 0.15) is 0 Å². The van der Waals surface area contributed by atoms with Crippen molar-refractivity contribution in [1.29, 1.82) is 0 Å². The molecule has 0 amide bonds. The average Bonchev–Trinajstić information content (AvgIpc) is 3.65. The summed E-state index contributed by atoms with van der Waals surface area (Å²) < 4.78 is 46.7. The van der Waals surface area contributed by atoms with E-state index < -0.39 is 18.1 Å². The highest BCUT2D eigenvalue weighted by molar-refractivity contribution is 7.25. The summed E-state index contributed by atoms with van der Waals surface area (Å²) in [5.41, 5.74) is 4.99. The number of hydrogen-bond donors (Lipinski definition) is 0. The molecule has 3 heterocycles. The summed E-state index contributed by atoms with van der Waals surface area (Å²) >= 11 is 1.80. The highest BCUT2D eigenvalue weighted by atomic mass is 32.1. The maximum absolute atomic E-state index is 8.70. The van der Waals surface area contributed by atoms with Crippen molar-refractivity contribution in [3.8, 4) is 28.3 Å². The summed E-state index contributed by atoms with van der Waals surface area (Å²) in [6, 6.07) is 35.2. The molecular formula is C38H23N3S. The number of hydrogen-bond acceptors (Lipinski definition) is 3. The van der Waals surface area contributed by atoms with Crippen LogP contribution in [0.4, 0.5) is 0 Å². The van der Waals surface area contributed by atoms with Crippen molar-refractivity contribution in [1.82, 2.24) is 14.5 Å². The highest BCUT2D eigenvalue weighted by Gasteiger charge is 2.18. The largest absolute Gasteiger partial charge is 0.278 e. The standard InChI is InChI=1S/C38H23N3S/c1-2-10-24(11-3-1)37-30-14-4-7-15-32(30)39-38(40-37)41-33-16-8-5-12-27(33)31-22-25(19-21-34(31)41)26-18-20-29-28-13-6-9-17-35(28)42-36(29)23-26/h1-23H/i1D,2D,3D,10D,11D. The molecule has 0 saturated heterocycles. The molecule has 196 valence electrons. The molecule has 0 aliphatic rings. The van der Waals surface area contributed by atoms with Crippen molar-refractivity contribution >= 4 is 64.2 Å². The minimum absolute atomic E-state index is 0.0514. The third-order valence-electron chi connectivity index (χ3n) is 7.91. The second-order valence-electron chi connectivity index (χ2n) is 10.3. The quantitative estimate of drug-likeness (QED) is 0.216. The molecular weight excluding hydrogens is 531 g/mol. The smallest absolute Gasteiger partial charge is 0.235 e. The van der Waals surface area contributed by atoms with Crippen molar-refractivity contribution in [3.63, 3.8) is 0 Å². The Bertz CT molecular complexity index is 2740. The number of para-hydroxylation sites is 2. The van der Waals surface area contributed by atoms with Gasteiger partial charge in [-0.15, -0.1) is 11.3 Å². The summed E-state index contributed by atoms with van der Waals surface area (Å²) in [7, 11) is 0. The highest BCUT2D eigenvalue weighted by Crippen LogP contribution is 2.39. The van der Waals surface area contributed by atoms with E-state index in [1.807, 2.05) is 47.0 Å². The van der Waals surface area contributed by atoms with Crippen LogP contribution in [0.15, 0.2) is 139 Å². The topological polar surface area (TPSA) is 30.7 Å². The number of nitrogens with zero attached hydrogens (tertiary/aromatic N) is 3. The van der Waals surface area contributed by atoms with Crippen LogP contribution in [0.1, 0.15) is 6.85 Å². The van der Waals surface area contributed by atoms with Crippen molar-refractivity contribution < 1.29 is 6.85 Å². The van der Waals surface area contributed by atoms with Gasteiger partial charge in [0.25, 0.3) is 0 Å². The van der Waals surface area contributed by atoms with Gasteiger partial charge < -0.3 is 0 Å². The van der Waals surface area contributed by atoms with Crippen LogP contribution in [0.3, 0.4) is 0 Å². The summed E-state index contributed by atoms with van der Waals surface area (Å²) in [5, 5.41) is 5.21. The lowest BCUT2D eigenvalue weighted by molar-refractivity contribution is 1.01. The Labute approximate surface area is 253 Å². The molecule has 4 heteroatoms. The van der Waals surface area contributed by atoms with Crippen LogP contribution in [0.5, 0.6) is 0 Å². The van der Waals surface area contributed by atoms with E-state index in [4.69, 9.17) is 16.8 Å². The van der Waals surface area contributed by atoms with Crippen LogP contribution >= 0.6 is 11.3 Å². The second kappa shape index (κ2) is 9.10. The molecule has 6 aromatic carbocycles. The molecule has 0 aliphatic heterocycles. The zero-order chi connectivity index (χ0) is 32.0. The predicted octanol–water partition coefficient (Wildman–Crippen LogP) is 10.4.